The van der Waals surface area contributed by atoms with E-state index in [1.54, 1.807) is 35.9 Å². The molecule has 5 aromatic rings. The highest BCUT2D eigenvalue weighted by molar-refractivity contribution is 7.18. The van der Waals surface area contributed by atoms with Crippen molar-refractivity contribution in [3.63, 3.8) is 0 Å². The number of carbonyl (C=O) groups excluding carboxylic acids is 1. The molecule has 0 unspecified atom stereocenters. The first-order chi connectivity index (χ1) is 15.1. The third-order valence-corrected chi connectivity index (χ3v) is 6.13. The summed E-state index contributed by atoms with van der Waals surface area (Å²) in [5, 5.41) is 9.20. The van der Waals surface area contributed by atoms with Crippen molar-refractivity contribution in [1.82, 2.24) is 25.1 Å². The predicted molar refractivity (Wildman–Crippen MR) is 121 cm³/mol. The van der Waals surface area contributed by atoms with E-state index in [2.05, 4.69) is 21.5 Å². The van der Waals surface area contributed by atoms with E-state index in [4.69, 9.17) is 9.40 Å². The second kappa shape index (κ2) is 7.96. The van der Waals surface area contributed by atoms with Gasteiger partial charge in [0.15, 0.2) is 11.4 Å². The summed E-state index contributed by atoms with van der Waals surface area (Å²) >= 11 is 1.66. The Hall–Kier alpha value is -3.52. The summed E-state index contributed by atoms with van der Waals surface area (Å²) in [7, 11) is 0. The minimum atomic E-state index is -0.162. The van der Waals surface area contributed by atoms with Gasteiger partial charge in [-0.1, -0.05) is 12.1 Å². The number of carbonyl (C=O) groups is 1. The Balaban J connectivity index is 1.42. The van der Waals surface area contributed by atoms with E-state index in [1.807, 2.05) is 42.8 Å². The number of rotatable bonds is 6. The van der Waals surface area contributed by atoms with Crippen molar-refractivity contribution in [2.45, 2.75) is 26.3 Å². The summed E-state index contributed by atoms with van der Waals surface area (Å²) in [6, 6.07) is 13.6. The Morgan fingerprint density at radius 2 is 2.06 bits per heavy atom. The lowest BCUT2D eigenvalue weighted by atomic mass is 10.1. The zero-order valence-corrected chi connectivity index (χ0v) is 18.0. The number of aromatic nitrogens is 4. The first-order valence-electron chi connectivity index (χ1n) is 10.1. The zero-order valence-electron chi connectivity index (χ0n) is 17.2. The molecule has 156 valence electrons. The molecule has 0 atom stereocenters. The highest BCUT2D eigenvalue weighted by atomic mass is 32.1. The lowest BCUT2D eigenvalue weighted by molar-refractivity contribution is 0.0955. The molecule has 0 bridgehead atoms. The minimum absolute atomic E-state index is 0.117. The molecular formula is C23H21N5O2S. The monoisotopic (exact) mass is 431 g/mol. The van der Waals surface area contributed by atoms with E-state index in [9.17, 15) is 4.79 Å². The standard InChI is InChI=1S/C23H21N5O2S/c1-14(2)28-22-16(13-25-28)15(12-18(27-22)19-7-5-11-30-19)23(29)24-10-9-21-26-17-6-3-4-8-20(17)31-21/h3-8,11-14H,9-10H2,1-2H3,(H,24,29). The molecule has 0 aliphatic heterocycles. The van der Waals surface area contributed by atoms with E-state index < -0.39 is 0 Å². The number of hydrogen-bond acceptors (Lipinski definition) is 6. The van der Waals surface area contributed by atoms with Crippen molar-refractivity contribution in [1.29, 1.82) is 0 Å². The largest absolute Gasteiger partial charge is 0.463 e. The van der Waals surface area contributed by atoms with Gasteiger partial charge >= 0.3 is 0 Å². The molecule has 4 aromatic heterocycles. The topological polar surface area (TPSA) is 85.8 Å². The fourth-order valence-electron chi connectivity index (χ4n) is 3.54. The van der Waals surface area contributed by atoms with Crippen LogP contribution in [0.5, 0.6) is 0 Å². The molecule has 31 heavy (non-hydrogen) atoms. The van der Waals surface area contributed by atoms with Gasteiger partial charge < -0.3 is 9.73 Å². The van der Waals surface area contributed by atoms with Gasteiger partial charge in [-0.3, -0.25) is 4.79 Å². The Kier molecular flexibility index (Phi) is 4.99. The van der Waals surface area contributed by atoms with Crippen molar-refractivity contribution in [2.24, 2.45) is 0 Å². The second-order valence-electron chi connectivity index (χ2n) is 7.53. The second-order valence-corrected chi connectivity index (χ2v) is 8.65. The van der Waals surface area contributed by atoms with Crippen molar-refractivity contribution in [2.75, 3.05) is 6.54 Å². The van der Waals surface area contributed by atoms with Gasteiger partial charge in [0.2, 0.25) is 0 Å². The van der Waals surface area contributed by atoms with Crippen LogP contribution < -0.4 is 5.32 Å². The van der Waals surface area contributed by atoms with Crippen molar-refractivity contribution >= 4 is 38.5 Å². The molecule has 8 heteroatoms. The van der Waals surface area contributed by atoms with Crippen LogP contribution in [0.1, 0.15) is 35.3 Å². The fraction of sp³-hybridized carbons (Fsp3) is 0.217. The first-order valence-corrected chi connectivity index (χ1v) is 11.0. The average molecular weight is 432 g/mol. The number of benzene rings is 1. The SMILES string of the molecule is CC(C)n1ncc2c(C(=O)NCCc3nc4ccccc4s3)cc(-c3ccco3)nc21. The van der Waals surface area contributed by atoms with Crippen LogP contribution in [0.3, 0.4) is 0 Å². The summed E-state index contributed by atoms with van der Waals surface area (Å²) in [6.45, 7) is 4.56. The van der Waals surface area contributed by atoms with Crippen LogP contribution in [-0.4, -0.2) is 32.2 Å². The van der Waals surface area contributed by atoms with Gasteiger partial charge in [0.05, 0.1) is 38.6 Å². The molecular weight excluding hydrogens is 410 g/mol. The number of nitrogens with zero attached hydrogens (tertiary/aromatic N) is 4. The summed E-state index contributed by atoms with van der Waals surface area (Å²) in [5.74, 6) is 0.451. The van der Waals surface area contributed by atoms with Crippen LogP contribution in [0.2, 0.25) is 0 Å². The zero-order chi connectivity index (χ0) is 21.4. The number of furan rings is 1. The van der Waals surface area contributed by atoms with Crippen molar-refractivity contribution in [3.8, 4) is 11.5 Å². The van der Waals surface area contributed by atoms with Crippen molar-refractivity contribution in [3.05, 3.63) is 65.5 Å². The molecule has 1 N–H and O–H groups in total. The minimum Gasteiger partial charge on any atom is -0.463 e. The highest BCUT2D eigenvalue weighted by Gasteiger charge is 2.19. The molecule has 5 rings (SSSR count). The summed E-state index contributed by atoms with van der Waals surface area (Å²) in [5.41, 5.74) is 2.80. The Bertz CT molecular complexity index is 1330. The number of para-hydroxylation sites is 1. The van der Waals surface area contributed by atoms with Gasteiger partial charge in [-0.15, -0.1) is 11.3 Å². The van der Waals surface area contributed by atoms with Crippen molar-refractivity contribution < 1.29 is 9.21 Å². The molecule has 7 nitrogen and oxygen atoms in total. The normalized spacial score (nSPS) is 11.6. The van der Waals surface area contributed by atoms with Crippen LogP contribution in [0.25, 0.3) is 32.7 Å². The molecule has 0 aliphatic rings. The molecule has 0 radical (unpaired) electrons. The lowest BCUT2D eigenvalue weighted by Gasteiger charge is -2.10. The lowest BCUT2D eigenvalue weighted by Crippen LogP contribution is -2.26. The highest BCUT2D eigenvalue weighted by Crippen LogP contribution is 2.27. The van der Waals surface area contributed by atoms with E-state index in [-0.39, 0.29) is 11.9 Å². The smallest absolute Gasteiger partial charge is 0.252 e. The molecule has 0 saturated carbocycles. The third-order valence-electron chi connectivity index (χ3n) is 5.04. The summed E-state index contributed by atoms with van der Waals surface area (Å²) < 4.78 is 8.49. The number of amides is 1. The first kappa shape index (κ1) is 19.4. The molecule has 1 amide bonds. The Morgan fingerprint density at radius 1 is 1.19 bits per heavy atom. The van der Waals surface area contributed by atoms with E-state index in [1.165, 1.54) is 0 Å². The van der Waals surface area contributed by atoms with E-state index >= 15 is 0 Å². The van der Waals surface area contributed by atoms with Gasteiger partial charge in [0.1, 0.15) is 5.69 Å². The fourth-order valence-corrected chi connectivity index (χ4v) is 4.51. The van der Waals surface area contributed by atoms with Crippen LogP contribution in [0.15, 0.2) is 59.3 Å². The van der Waals surface area contributed by atoms with Crippen LogP contribution in [0, 0.1) is 0 Å². The number of thiazole rings is 1. The maximum Gasteiger partial charge on any atom is 0.252 e. The summed E-state index contributed by atoms with van der Waals surface area (Å²) in [6.07, 6.45) is 3.98. The van der Waals surface area contributed by atoms with Crippen LogP contribution in [0.4, 0.5) is 0 Å². The Labute approximate surface area is 182 Å². The third kappa shape index (κ3) is 3.70. The van der Waals surface area contributed by atoms with Crippen LogP contribution in [-0.2, 0) is 6.42 Å². The molecule has 0 fully saturated rings. The number of hydrogen-bond donors (Lipinski definition) is 1. The number of pyridine rings is 1. The molecule has 0 spiro atoms. The van der Waals surface area contributed by atoms with Gasteiger partial charge in [0, 0.05) is 19.0 Å². The summed E-state index contributed by atoms with van der Waals surface area (Å²) in [4.78, 5) is 22.4. The molecule has 0 aliphatic carbocycles. The predicted octanol–water partition coefficient (Wildman–Crippen LogP) is 4.85. The van der Waals surface area contributed by atoms with Crippen LogP contribution >= 0.6 is 11.3 Å². The molecule has 4 heterocycles. The molecule has 1 aromatic carbocycles. The Morgan fingerprint density at radius 3 is 2.84 bits per heavy atom. The maximum atomic E-state index is 13.1. The number of fused-ring (bicyclic) bond motifs is 2. The average Bonchev–Trinajstić information content (AvgIpc) is 3.51. The number of nitrogens with one attached hydrogen (secondary N) is 1. The quantitative estimate of drug-likeness (QED) is 0.415. The maximum absolute atomic E-state index is 13.1. The molecule has 0 saturated heterocycles. The van der Waals surface area contributed by atoms with Gasteiger partial charge in [-0.25, -0.2) is 14.6 Å². The van der Waals surface area contributed by atoms with Gasteiger partial charge in [-0.2, -0.15) is 5.10 Å². The van der Waals surface area contributed by atoms with Gasteiger partial charge in [-0.05, 0) is 44.2 Å². The van der Waals surface area contributed by atoms with E-state index in [0.29, 0.717) is 35.6 Å². The van der Waals surface area contributed by atoms with E-state index in [0.717, 1.165) is 20.6 Å². The van der Waals surface area contributed by atoms with Gasteiger partial charge in [0.25, 0.3) is 5.91 Å².